The Morgan fingerprint density at radius 1 is 1.17 bits per heavy atom. The fraction of sp³-hybridized carbons (Fsp3) is 0.400. The summed E-state index contributed by atoms with van der Waals surface area (Å²) in [4.78, 5) is 16.2. The van der Waals surface area contributed by atoms with Crippen molar-refractivity contribution in [3.05, 3.63) is 53.4 Å². The van der Waals surface area contributed by atoms with Gasteiger partial charge < -0.3 is 9.80 Å². The largest absolute Gasteiger partial charge is 0.351 e. The molecule has 29 heavy (non-hydrogen) atoms. The minimum absolute atomic E-state index is 0.0207. The van der Waals surface area contributed by atoms with Gasteiger partial charge in [0.15, 0.2) is 11.5 Å². The molecule has 0 bridgehead atoms. The van der Waals surface area contributed by atoms with Crippen molar-refractivity contribution in [2.45, 2.75) is 31.2 Å². The zero-order valence-electron chi connectivity index (χ0n) is 15.9. The summed E-state index contributed by atoms with van der Waals surface area (Å²) in [5.74, 6) is 0.642. The first-order valence-electron chi connectivity index (χ1n) is 9.66. The van der Waals surface area contributed by atoms with Crippen molar-refractivity contribution in [1.82, 2.24) is 24.7 Å². The van der Waals surface area contributed by atoms with Crippen LogP contribution in [0.1, 0.15) is 30.1 Å². The topological polar surface area (TPSA) is 66.6 Å². The van der Waals surface area contributed by atoms with E-state index in [9.17, 15) is 13.6 Å². The van der Waals surface area contributed by atoms with Crippen molar-refractivity contribution in [3.63, 3.8) is 0 Å². The number of carbonyl (C=O) groups excluding carboxylic acids is 1. The van der Waals surface area contributed by atoms with E-state index in [2.05, 4.69) is 20.2 Å². The van der Waals surface area contributed by atoms with Crippen molar-refractivity contribution in [3.8, 4) is 0 Å². The molecule has 1 amide bonds. The molecule has 3 heterocycles. The Morgan fingerprint density at radius 2 is 1.97 bits per heavy atom. The van der Waals surface area contributed by atoms with E-state index < -0.39 is 11.6 Å². The van der Waals surface area contributed by atoms with Crippen LogP contribution in [-0.4, -0.2) is 56.8 Å². The second kappa shape index (κ2) is 6.75. The number of amides is 1. The van der Waals surface area contributed by atoms with Crippen molar-refractivity contribution < 1.29 is 13.6 Å². The molecule has 150 valence electrons. The molecule has 2 aliphatic rings. The first-order valence-corrected chi connectivity index (χ1v) is 9.66. The number of benzene rings is 1. The first-order chi connectivity index (χ1) is 14.0. The van der Waals surface area contributed by atoms with Crippen LogP contribution in [0.5, 0.6) is 0 Å². The van der Waals surface area contributed by atoms with Crippen molar-refractivity contribution in [1.29, 1.82) is 0 Å². The monoisotopic (exact) mass is 398 g/mol. The Hall–Kier alpha value is -3.10. The van der Waals surface area contributed by atoms with Crippen LogP contribution >= 0.6 is 0 Å². The molecular formula is C20H20F2N6O. The number of likely N-dealkylation sites (N-methyl/N-ethyl adjacent to an activating group) is 1. The third kappa shape index (κ3) is 3.30. The van der Waals surface area contributed by atoms with E-state index >= 15 is 0 Å². The molecule has 1 aliphatic carbocycles. The average Bonchev–Trinajstić information content (AvgIpc) is 3.42. The Bertz CT molecular complexity index is 1090. The van der Waals surface area contributed by atoms with E-state index in [0.29, 0.717) is 19.0 Å². The lowest BCUT2D eigenvalue weighted by Crippen LogP contribution is -2.60. The Labute approximate surface area is 165 Å². The van der Waals surface area contributed by atoms with Crippen molar-refractivity contribution in [2.75, 3.05) is 25.0 Å². The van der Waals surface area contributed by atoms with Gasteiger partial charge in [0.05, 0.1) is 12.5 Å². The molecule has 3 aromatic rings. The van der Waals surface area contributed by atoms with Gasteiger partial charge in [-0.2, -0.15) is 4.52 Å². The summed E-state index contributed by atoms with van der Waals surface area (Å²) in [5.41, 5.74) is 0.938. The average molecular weight is 398 g/mol. The van der Waals surface area contributed by atoms with Crippen LogP contribution in [0.15, 0.2) is 30.3 Å². The van der Waals surface area contributed by atoms with Crippen molar-refractivity contribution >= 4 is 17.4 Å². The number of hydrogen-bond donors (Lipinski definition) is 0. The minimum Gasteiger partial charge on any atom is -0.351 e. The number of rotatable bonds is 5. The highest BCUT2D eigenvalue weighted by atomic mass is 19.1. The van der Waals surface area contributed by atoms with E-state index in [1.54, 1.807) is 11.9 Å². The second-order valence-corrected chi connectivity index (χ2v) is 7.77. The molecule has 7 nitrogen and oxygen atoms in total. The van der Waals surface area contributed by atoms with Gasteiger partial charge in [-0.15, -0.1) is 15.3 Å². The quantitative estimate of drug-likeness (QED) is 0.659. The summed E-state index contributed by atoms with van der Waals surface area (Å²) in [6.45, 7) is 1.29. The summed E-state index contributed by atoms with van der Waals surface area (Å²) in [5, 5.41) is 13.1. The van der Waals surface area contributed by atoms with Gasteiger partial charge in [-0.1, -0.05) is 6.07 Å². The van der Waals surface area contributed by atoms with Crippen LogP contribution in [0, 0.1) is 11.6 Å². The van der Waals surface area contributed by atoms with Crippen LogP contribution < -0.4 is 4.90 Å². The minimum atomic E-state index is -0.695. The van der Waals surface area contributed by atoms with Crippen LogP contribution in [0.25, 0.3) is 5.65 Å². The Morgan fingerprint density at radius 3 is 2.69 bits per heavy atom. The lowest BCUT2D eigenvalue weighted by atomic mass is 10.1. The molecular weight excluding hydrogens is 378 g/mol. The Kier molecular flexibility index (Phi) is 4.18. The zero-order chi connectivity index (χ0) is 20.1. The maximum absolute atomic E-state index is 13.8. The SMILES string of the molecule is CN(C(=O)Cc1ccc(F)cc1F)C1CN(c2ccc3nnc(C4CC4)n3n2)C1. The smallest absolute Gasteiger partial charge is 0.227 e. The van der Waals surface area contributed by atoms with E-state index in [1.807, 2.05) is 16.6 Å². The molecule has 9 heteroatoms. The molecule has 1 aliphatic heterocycles. The third-order valence-corrected chi connectivity index (χ3v) is 5.70. The molecule has 1 saturated heterocycles. The fourth-order valence-corrected chi connectivity index (χ4v) is 3.60. The first kappa shape index (κ1) is 18.0. The van der Waals surface area contributed by atoms with Crippen LogP contribution in [0.2, 0.25) is 0 Å². The van der Waals surface area contributed by atoms with Gasteiger partial charge in [-0.3, -0.25) is 4.79 Å². The zero-order valence-corrected chi connectivity index (χ0v) is 15.9. The van der Waals surface area contributed by atoms with E-state index in [1.165, 1.54) is 12.1 Å². The molecule has 5 rings (SSSR count). The van der Waals surface area contributed by atoms with Gasteiger partial charge >= 0.3 is 0 Å². The van der Waals surface area contributed by atoms with Crippen LogP contribution in [-0.2, 0) is 11.2 Å². The van der Waals surface area contributed by atoms with Gasteiger partial charge in [0.1, 0.15) is 17.5 Å². The number of anilines is 1. The third-order valence-electron chi connectivity index (χ3n) is 5.70. The van der Waals surface area contributed by atoms with E-state index in [-0.39, 0.29) is 23.9 Å². The summed E-state index contributed by atoms with van der Waals surface area (Å²) in [6.07, 6.45) is 2.16. The number of fused-ring (bicyclic) bond motifs is 1. The highest BCUT2D eigenvalue weighted by Crippen LogP contribution is 2.38. The predicted molar refractivity (Wildman–Crippen MR) is 102 cm³/mol. The maximum atomic E-state index is 13.8. The second-order valence-electron chi connectivity index (χ2n) is 7.77. The molecule has 1 saturated carbocycles. The molecule has 0 spiro atoms. The number of hydrogen-bond acceptors (Lipinski definition) is 5. The Balaban J connectivity index is 1.23. The fourth-order valence-electron chi connectivity index (χ4n) is 3.60. The number of halogens is 2. The predicted octanol–water partition coefficient (Wildman–Crippen LogP) is 2.17. The highest BCUT2D eigenvalue weighted by Gasteiger charge is 2.34. The van der Waals surface area contributed by atoms with Gasteiger partial charge in [0.2, 0.25) is 5.91 Å². The normalized spacial score (nSPS) is 16.9. The number of aromatic nitrogens is 4. The molecule has 0 atom stereocenters. The molecule has 1 aromatic carbocycles. The summed E-state index contributed by atoms with van der Waals surface area (Å²) in [7, 11) is 1.72. The molecule has 2 aromatic heterocycles. The van der Waals surface area contributed by atoms with Gasteiger partial charge in [0, 0.05) is 32.1 Å². The van der Waals surface area contributed by atoms with Crippen molar-refractivity contribution in [2.24, 2.45) is 0 Å². The number of carbonyl (C=O) groups is 1. The van der Waals surface area contributed by atoms with Crippen LogP contribution in [0.4, 0.5) is 14.6 Å². The van der Waals surface area contributed by atoms with Crippen LogP contribution in [0.3, 0.4) is 0 Å². The maximum Gasteiger partial charge on any atom is 0.227 e. The van der Waals surface area contributed by atoms with E-state index in [0.717, 1.165) is 36.2 Å². The molecule has 0 N–H and O–H groups in total. The summed E-state index contributed by atoms with van der Waals surface area (Å²) >= 11 is 0. The lowest BCUT2D eigenvalue weighted by Gasteiger charge is -2.44. The lowest BCUT2D eigenvalue weighted by molar-refractivity contribution is -0.131. The molecule has 2 fully saturated rings. The molecule has 0 unspecified atom stereocenters. The summed E-state index contributed by atoms with van der Waals surface area (Å²) in [6, 6.07) is 7.12. The standard InChI is InChI=1S/C20H20F2N6O/c1-26(19(29)8-13-4-5-14(21)9-16(13)22)15-10-27(11-15)18-7-6-17-23-24-20(12-2-3-12)28(17)25-18/h4-7,9,12,15H,2-3,8,10-11H2,1H3. The number of nitrogens with zero attached hydrogens (tertiary/aromatic N) is 6. The van der Waals surface area contributed by atoms with Gasteiger partial charge in [-0.25, -0.2) is 8.78 Å². The highest BCUT2D eigenvalue weighted by molar-refractivity contribution is 5.79. The van der Waals surface area contributed by atoms with E-state index in [4.69, 9.17) is 0 Å². The van der Waals surface area contributed by atoms with Gasteiger partial charge in [-0.05, 0) is 36.6 Å². The molecule has 0 radical (unpaired) electrons. The van der Waals surface area contributed by atoms with Gasteiger partial charge in [0.25, 0.3) is 0 Å². The summed E-state index contributed by atoms with van der Waals surface area (Å²) < 4.78 is 28.7.